The van der Waals surface area contributed by atoms with Gasteiger partial charge in [-0.15, -0.1) is 0 Å². The van der Waals surface area contributed by atoms with Gasteiger partial charge in [-0.3, -0.25) is 0 Å². The van der Waals surface area contributed by atoms with Crippen LogP contribution in [-0.2, 0) is 10.0 Å². The minimum atomic E-state index is -3.21. The molecule has 0 amide bonds. The number of hydrogen-bond acceptors (Lipinski definition) is 4. The van der Waals surface area contributed by atoms with E-state index < -0.39 is 16.0 Å². The molecule has 5 aliphatic carbocycles. The number of carboxylic acid groups (broad SMARTS) is 1. The summed E-state index contributed by atoms with van der Waals surface area (Å²) in [6, 6.07) is 7.54. The first-order valence-corrected chi connectivity index (χ1v) is 20.5. The third kappa shape index (κ3) is 5.48. The number of carboxylic acids is 1. The fraction of sp³-hybridized carbons (Fsp3) is 0.732. The maximum absolute atomic E-state index is 12.4. The van der Waals surface area contributed by atoms with Crippen molar-refractivity contribution < 1.29 is 18.3 Å². The Kier molecular flexibility index (Phi) is 9.24. The minimum Gasteiger partial charge on any atom is -0.478 e. The highest BCUT2D eigenvalue weighted by Gasteiger charge is 2.70. The average molecular weight is 679 g/mol. The molecule has 4 fully saturated rings. The van der Waals surface area contributed by atoms with Crippen molar-refractivity contribution in [2.45, 2.75) is 118 Å². The number of fused-ring (bicyclic) bond motifs is 7. The van der Waals surface area contributed by atoms with Crippen LogP contribution in [0.5, 0.6) is 0 Å². The van der Waals surface area contributed by atoms with Crippen molar-refractivity contribution >= 4 is 21.6 Å². The summed E-state index contributed by atoms with van der Waals surface area (Å²) in [5.74, 6) is 2.19. The van der Waals surface area contributed by atoms with Gasteiger partial charge >= 0.3 is 5.97 Å². The molecule has 3 N–H and O–H groups in total. The number of hydrogen-bond donors (Lipinski definition) is 3. The second-order valence-corrected chi connectivity index (χ2v) is 19.8. The number of rotatable bonds is 10. The molecule has 0 heterocycles. The molecule has 6 rings (SSSR count). The molecular formula is C41H62N2O4S. The molecule has 0 aliphatic heterocycles. The lowest BCUT2D eigenvalue weighted by Crippen LogP contribution is -2.68. The lowest BCUT2D eigenvalue weighted by atomic mass is 9.33. The fourth-order valence-electron chi connectivity index (χ4n) is 13.2. The van der Waals surface area contributed by atoms with Gasteiger partial charge < -0.3 is 10.4 Å². The Balaban J connectivity index is 1.28. The van der Waals surface area contributed by atoms with E-state index in [0.29, 0.717) is 54.7 Å². The van der Waals surface area contributed by atoms with Crippen LogP contribution >= 0.6 is 0 Å². The van der Waals surface area contributed by atoms with Gasteiger partial charge in [-0.25, -0.2) is 17.9 Å². The Morgan fingerprint density at radius 2 is 1.62 bits per heavy atom. The molecule has 266 valence electrons. The Hall–Kier alpha value is -1.96. The van der Waals surface area contributed by atoms with E-state index in [0.717, 1.165) is 24.8 Å². The molecule has 48 heavy (non-hydrogen) atoms. The normalized spacial score (nSPS) is 40.1. The Morgan fingerprint density at radius 3 is 2.27 bits per heavy atom. The van der Waals surface area contributed by atoms with Crippen LogP contribution in [0.15, 0.2) is 42.5 Å². The largest absolute Gasteiger partial charge is 0.478 e. The maximum Gasteiger partial charge on any atom is 0.335 e. The molecule has 0 saturated heterocycles. The van der Waals surface area contributed by atoms with Gasteiger partial charge in [0, 0.05) is 18.6 Å². The molecule has 1 aromatic rings. The Bertz CT molecular complexity index is 1560. The van der Waals surface area contributed by atoms with E-state index in [2.05, 4.69) is 64.2 Å². The number of sulfonamides is 1. The van der Waals surface area contributed by atoms with Gasteiger partial charge in [0.05, 0.1) is 11.3 Å². The van der Waals surface area contributed by atoms with Crippen LogP contribution in [0.2, 0.25) is 0 Å². The zero-order chi connectivity index (χ0) is 34.9. The topological polar surface area (TPSA) is 95.5 Å². The predicted octanol–water partition coefficient (Wildman–Crippen LogP) is 8.71. The summed E-state index contributed by atoms with van der Waals surface area (Å²) in [6.07, 6.45) is 13.9. The van der Waals surface area contributed by atoms with Crippen LogP contribution < -0.4 is 10.0 Å². The molecule has 0 bridgehead atoms. The van der Waals surface area contributed by atoms with Crippen LogP contribution in [0, 0.1) is 51.2 Å². The summed E-state index contributed by atoms with van der Waals surface area (Å²) < 4.78 is 27.6. The van der Waals surface area contributed by atoms with E-state index in [1.165, 1.54) is 49.7 Å². The number of allylic oxidation sites excluding steroid dienone is 3. The highest BCUT2D eigenvalue weighted by atomic mass is 32.2. The smallest absolute Gasteiger partial charge is 0.335 e. The summed E-state index contributed by atoms with van der Waals surface area (Å²) in [5, 5.41) is 13.5. The molecule has 6 nitrogen and oxygen atoms in total. The lowest BCUT2D eigenvalue weighted by Gasteiger charge is -2.72. The summed E-state index contributed by atoms with van der Waals surface area (Å²) in [4.78, 5) is 11.5. The quantitative estimate of drug-likeness (QED) is 0.170. The van der Waals surface area contributed by atoms with E-state index in [1.54, 1.807) is 12.1 Å². The minimum absolute atomic E-state index is 0.00237. The first-order chi connectivity index (χ1) is 22.5. The van der Waals surface area contributed by atoms with Crippen LogP contribution in [0.25, 0.3) is 5.57 Å². The molecule has 0 spiro atoms. The lowest BCUT2D eigenvalue weighted by molar-refractivity contribution is -0.219. The average Bonchev–Trinajstić information content (AvgIpc) is 3.40. The van der Waals surface area contributed by atoms with Gasteiger partial charge in [-0.2, -0.15) is 0 Å². The van der Waals surface area contributed by atoms with Crippen molar-refractivity contribution in [1.82, 2.24) is 10.0 Å². The van der Waals surface area contributed by atoms with E-state index in [1.807, 2.05) is 19.1 Å². The molecule has 7 heteroatoms. The fourth-order valence-corrected chi connectivity index (χ4v) is 14.3. The summed E-state index contributed by atoms with van der Waals surface area (Å²) in [5.41, 5.74) is 4.95. The molecule has 0 radical (unpaired) electrons. The highest BCUT2D eigenvalue weighted by Crippen LogP contribution is 2.76. The SMILES string of the molecule is C=C(C)[C@@H]1CC[C@]2(NCCNS(=O)(=O)CCC)CC[C@]3(C)[C@H](CC[C@@H]4[C@@]5(C)CC=C(c6ccc(C(=O)O)cc6)C(C)(C)[C@@H]5CC[C@]43C)[C@@H]12. The zero-order valence-corrected chi connectivity index (χ0v) is 31.6. The number of carbonyl (C=O) groups is 1. The number of aromatic carboxylic acids is 1. The van der Waals surface area contributed by atoms with Crippen LogP contribution in [0.3, 0.4) is 0 Å². The van der Waals surface area contributed by atoms with Gasteiger partial charge in [0.15, 0.2) is 0 Å². The highest BCUT2D eigenvalue weighted by molar-refractivity contribution is 7.89. The first kappa shape index (κ1) is 35.9. The third-order valence-corrected chi connectivity index (χ3v) is 17.1. The summed E-state index contributed by atoms with van der Waals surface area (Å²) >= 11 is 0. The first-order valence-electron chi connectivity index (χ1n) is 18.9. The third-order valence-electron chi connectivity index (χ3n) is 15.5. The molecule has 1 aromatic carbocycles. The second kappa shape index (κ2) is 12.4. The zero-order valence-electron chi connectivity index (χ0n) is 30.8. The van der Waals surface area contributed by atoms with Crippen molar-refractivity contribution in [3.05, 3.63) is 53.6 Å². The molecule has 0 aromatic heterocycles. The number of nitrogens with one attached hydrogen (secondary N) is 2. The van der Waals surface area contributed by atoms with Gasteiger partial charge in [-0.1, -0.05) is 71.9 Å². The predicted molar refractivity (Wildman–Crippen MR) is 196 cm³/mol. The molecule has 0 unspecified atom stereocenters. The molecule has 9 atom stereocenters. The maximum atomic E-state index is 12.4. The van der Waals surface area contributed by atoms with Gasteiger partial charge in [0.2, 0.25) is 10.0 Å². The molecular weight excluding hydrogens is 617 g/mol. The monoisotopic (exact) mass is 678 g/mol. The van der Waals surface area contributed by atoms with Gasteiger partial charge in [-0.05, 0) is 146 Å². The Morgan fingerprint density at radius 1 is 0.917 bits per heavy atom. The van der Waals surface area contributed by atoms with Crippen molar-refractivity contribution in [3.8, 4) is 0 Å². The van der Waals surface area contributed by atoms with Crippen LogP contribution in [0.4, 0.5) is 0 Å². The molecule has 5 aliphatic rings. The Labute approximate surface area is 291 Å². The van der Waals surface area contributed by atoms with Crippen LogP contribution in [0.1, 0.15) is 129 Å². The van der Waals surface area contributed by atoms with E-state index >= 15 is 0 Å². The second-order valence-electron chi connectivity index (χ2n) is 17.9. The van der Waals surface area contributed by atoms with Gasteiger partial charge in [0.25, 0.3) is 0 Å². The standard InChI is InChI=1S/C41H62N2O4S/c1-9-26-48(46,47)43-25-24-42-41-21-16-30(27(2)3)35(41)32-14-15-34-38(6)19-17-31(28-10-12-29(13-11-28)36(44)45)37(4,5)33(38)18-20-40(34,8)39(32,7)22-23-41/h10-13,17,30,32-35,42-43H,2,9,14-16,18-26H2,1,3-8H3,(H,44,45)/t30-,32+,33-,34+,35+,38-,39+,40+,41-/m0/s1. The molecule has 4 saturated carbocycles. The summed E-state index contributed by atoms with van der Waals surface area (Å²) in [7, 11) is -3.21. The van der Waals surface area contributed by atoms with E-state index in [-0.39, 0.29) is 33.0 Å². The van der Waals surface area contributed by atoms with Gasteiger partial charge in [0.1, 0.15) is 0 Å². The van der Waals surface area contributed by atoms with E-state index in [9.17, 15) is 18.3 Å². The van der Waals surface area contributed by atoms with Crippen molar-refractivity contribution in [2.24, 2.45) is 51.2 Å². The number of benzene rings is 1. The van der Waals surface area contributed by atoms with Crippen LogP contribution in [-0.4, -0.2) is 43.9 Å². The van der Waals surface area contributed by atoms with Crippen molar-refractivity contribution in [3.63, 3.8) is 0 Å². The van der Waals surface area contributed by atoms with Crippen molar-refractivity contribution in [1.29, 1.82) is 0 Å². The summed E-state index contributed by atoms with van der Waals surface area (Å²) in [6.45, 7) is 22.7. The van der Waals surface area contributed by atoms with Crippen molar-refractivity contribution in [2.75, 3.05) is 18.8 Å². The van der Waals surface area contributed by atoms with E-state index in [4.69, 9.17) is 0 Å².